The van der Waals surface area contributed by atoms with E-state index in [0.717, 1.165) is 10.2 Å². The predicted molar refractivity (Wildman–Crippen MR) is 94.1 cm³/mol. The van der Waals surface area contributed by atoms with Crippen molar-refractivity contribution in [1.29, 1.82) is 0 Å². The molecule has 0 aliphatic heterocycles. The van der Waals surface area contributed by atoms with Crippen molar-refractivity contribution >= 4 is 17.5 Å². The van der Waals surface area contributed by atoms with Gasteiger partial charge in [-0.3, -0.25) is 9.48 Å². The normalized spacial score (nSPS) is 12.3. The molecule has 0 unspecified atom stereocenters. The summed E-state index contributed by atoms with van der Waals surface area (Å²) in [5.41, 5.74) is 1.45. The first kappa shape index (κ1) is 19.4. The van der Waals surface area contributed by atoms with Gasteiger partial charge in [0.15, 0.2) is 5.69 Å². The summed E-state index contributed by atoms with van der Waals surface area (Å²) < 4.78 is 28.1. The summed E-state index contributed by atoms with van der Waals surface area (Å²) in [5, 5.41) is 6.17. The van der Waals surface area contributed by atoms with Crippen molar-refractivity contribution in [2.45, 2.75) is 45.6 Å². The molecule has 0 radical (unpaired) electrons. The van der Waals surface area contributed by atoms with E-state index in [1.807, 2.05) is 24.3 Å². The van der Waals surface area contributed by atoms with Crippen molar-refractivity contribution in [3.63, 3.8) is 0 Å². The van der Waals surface area contributed by atoms with E-state index in [9.17, 15) is 13.6 Å². The second kappa shape index (κ2) is 6.75. The molecule has 1 amide bonds. The Morgan fingerprint density at radius 1 is 1.20 bits per heavy atom. The number of aromatic nitrogens is 2. The van der Waals surface area contributed by atoms with Gasteiger partial charge in [-0.2, -0.15) is 13.9 Å². The minimum Gasteiger partial charge on any atom is -0.347 e. The second-order valence-electron chi connectivity index (χ2n) is 7.15. The van der Waals surface area contributed by atoms with Gasteiger partial charge >= 0.3 is 0 Å². The van der Waals surface area contributed by atoms with Gasteiger partial charge in [-0.15, -0.1) is 0 Å². The Morgan fingerprint density at radius 2 is 1.76 bits per heavy atom. The Bertz CT molecular complexity index is 771. The van der Waals surface area contributed by atoms with Gasteiger partial charge < -0.3 is 5.32 Å². The average molecular weight is 370 g/mol. The lowest BCUT2D eigenvalue weighted by Gasteiger charge is -2.19. The second-order valence-corrected chi connectivity index (χ2v) is 7.53. The van der Waals surface area contributed by atoms with Crippen molar-refractivity contribution in [2.24, 2.45) is 7.05 Å². The zero-order valence-electron chi connectivity index (χ0n) is 15.0. The number of aryl methyl sites for hydroxylation is 1. The SMILES string of the molecule is Cn1nc(C(=O)NCc2ccc(C(C)(C)C)cc2)c(Cl)c1C(C)(F)F. The number of halogens is 3. The number of rotatable bonds is 4. The van der Waals surface area contributed by atoms with Crippen LogP contribution in [0, 0.1) is 0 Å². The molecule has 4 nitrogen and oxygen atoms in total. The lowest BCUT2D eigenvalue weighted by molar-refractivity contribution is 0.00895. The van der Waals surface area contributed by atoms with Gasteiger partial charge in [-0.25, -0.2) is 0 Å². The average Bonchev–Trinajstić information content (AvgIpc) is 2.79. The first-order valence-corrected chi connectivity index (χ1v) is 8.27. The van der Waals surface area contributed by atoms with Gasteiger partial charge in [0.1, 0.15) is 10.7 Å². The van der Waals surface area contributed by atoms with Crippen molar-refractivity contribution in [2.75, 3.05) is 0 Å². The lowest BCUT2D eigenvalue weighted by Crippen LogP contribution is -2.23. The maximum Gasteiger partial charge on any atom is 0.288 e. The summed E-state index contributed by atoms with van der Waals surface area (Å²) in [5.74, 6) is -3.77. The van der Waals surface area contributed by atoms with E-state index >= 15 is 0 Å². The number of carbonyl (C=O) groups is 1. The van der Waals surface area contributed by atoms with E-state index in [-0.39, 0.29) is 22.7 Å². The van der Waals surface area contributed by atoms with Gasteiger partial charge in [0, 0.05) is 20.5 Å². The number of nitrogens with zero attached hydrogens (tertiary/aromatic N) is 2. The minimum absolute atomic E-state index is 0.0467. The summed E-state index contributed by atoms with van der Waals surface area (Å²) in [4.78, 5) is 12.2. The summed E-state index contributed by atoms with van der Waals surface area (Å²) in [7, 11) is 1.33. The van der Waals surface area contributed by atoms with Gasteiger partial charge in [-0.05, 0) is 16.5 Å². The summed E-state index contributed by atoms with van der Waals surface area (Å²) >= 11 is 5.94. The predicted octanol–water partition coefficient (Wildman–Crippen LogP) is 4.41. The number of carbonyl (C=O) groups excluding carboxylic acids is 1. The third-order valence-corrected chi connectivity index (χ3v) is 4.25. The smallest absolute Gasteiger partial charge is 0.288 e. The van der Waals surface area contributed by atoms with Crippen LogP contribution < -0.4 is 5.32 Å². The Labute approximate surface area is 151 Å². The molecule has 0 aliphatic rings. The monoisotopic (exact) mass is 369 g/mol. The highest BCUT2D eigenvalue weighted by molar-refractivity contribution is 6.34. The molecule has 1 aromatic carbocycles. The molecule has 2 aromatic rings. The molecule has 25 heavy (non-hydrogen) atoms. The molecule has 0 fully saturated rings. The first-order chi connectivity index (χ1) is 11.4. The number of benzene rings is 1. The van der Waals surface area contributed by atoms with Gasteiger partial charge in [-0.1, -0.05) is 56.6 Å². The fourth-order valence-electron chi connectivity index (χ4n) is 2.51. The zero-order valence-corrected chi connectivity index (χ0v) is 15.7. The molecule has 0 atom stereocenters. The molecule has 1 N–H and O–H groups in total. The Balaban J connectivity index is 2.11. The fraction of sp³-hybridized carbons (Fsp3) is 0.444. The van der Waals surface area contributed by atoms with E-state index in [1.165, 1.54) is 12.6 Å². The number of amides is 1. The van der Waals surface area contributed by atoms with E-state index in [1.54, 1.807) is 0 Å². The molecule has 2 rings (SSSR count). The first-order valence-electron chi connectivity index (χ1n) is 7.89. The van der Waals surface area contributed by atoms with Crippen LogP contribution >= 0.6 is 11.6 Å². The van der Waals surface area contributed by atoms with Crippen LogP contribution in [0.25, 0.3) is 0 Å². The van der Waals surface area contributed by atoms with E-state index in [2.05, 4.69) is 31.2 Å². The van der Waals surface area contributed by atoms with Crippen molar-refractivity contribution in [3.05, 3.63) is 51.8 Å². The minimum atomic E-state index is -3.18. The molecule has 7 heteroatoms. The molecule has 0 aliphatic carbocycles. The Morgan fingerprint density at radius 3 is 2.20 bits per heavy atom. The highest BCUT2D eigenvalue weighted by Gasteiger charge is 2.35. The summed E-state index contributed by atoms with van der Waals surface area (Å²) in [6.45, 7) is 7.33. The van der Waals surface area contributed by atoms with E-state index < -0.39 is 17.5 Å². The van der Waals surface area contributed by atoms with Crippen LogP contribution in [-0.2, 0) is 24.9 Å². The van der Waals surface area contributed by atoms with Crippen LogP contribution in [0.2, 0.25) is 5.02 Å². The molecule has 0 bridgehead atoms. The fourth-order valence-corrected chi connectivity index (χ4v) is 2.92. The van der Waals surface area contributed by atoms with E-state index in [0.29, 0.717) is 6.92 Å². The molecular formula is C18H22ClF2N3O. The molecule has 0 saturated carbocycles. The van der Waals surface area contributed by atoms with E-state index in [4.69, 9.17) is 11.6 Å². The lowest BCUT2D eigenvalue weighted by atomic mass is 9.87. The maximum atomic E-state index is 13.6. The van der Waals surface area contributed by atoms with Crippen molar-refractivity contribution in [3.8, 4) is 0 Å². The molecular weight excluding hydrogens is 348 g/mol. The maximum absolute atomic E-state index is 13.6. The molecule has 1 aromatic heterocycles. The van der Waals surface area contributed by atoms with Crippen LogP contribution in [0.1, 0.15) is 55.0 Å². The van der Waals surface area contributed by atoms with Crippen LogP contribution in [0.4, 0.5) is 8.78 Å². The van der Waals surface area contributed by atoms with Crippen LogP contribution in [0.5, 0.6) is 0 Å². The third kappa shape index (κ3) is 4.37. The van der Waals surface area contributed by atoms with Crippen molar-refractivity contribution < 1.29 is 13.6 Å². The van der Waals surface area contributed by atoms with Crippen LogP contribution in [0.3, 0.4) is 0 Å². The van der Waals surface area contributed by atoms with Crippen LogP contribution in [-0.4, -0.2) is 15.7 Å². The molecule has 0 saturated heterocycles. The Kier molecular flexibility index (Phi) is 5.23. The largest absolute Gasteiger partial charge is 0.347 e. The Hall–Kier alpha value is -1.95. The summed E-state index contributed by atoms with van der Waals surface area (Å²) in [6.07, 6.45) is 0. The van der Waals surface area contributed by atoms with Crippen molar-refractivity contribution in [1.82, 2.24) is 15.1 Å². The van der Waals surface area contributed by atoms with Crippen LogP contribution in [0.15, 0.2) is 24.3 Å². The number of alkyl halides is 2. The van der Waals surface area contributed by atoms with Gasteiger partial charge in [0.25, 0.3) is 11.8 Å². The quantitative estimate of drug-likeness (QED) is 0.867. The number of nitrogens with one attached hydrogen (secondary N) is 1. The summed E-state index contributed by atoms with van der Waals surface area (Å²) in [6, 6.07) is 7.86. The molecule has 136 valence electrons. The highest BCUT2D eigenvalue weighted by atomic mass is 35.5. The molecule has 0 spiro atoms. The number of hydrogen-bond acceptors (Lipinski definition) is 2. The highest BCUT2D eigenvalue weighted by Crippen LogP contribution is 2.34. The standard InChI is InChI=1S/C18H22ClF2N3O/c1-17(2,3)12-8-6-11(7-9-12)10-22-16(25)14-13(19)15(18(4,20)21)24(5)23-14/h6-9H,10H2,1-5H3,(H,22,25). The van der Waals surface area contributed by atoms with Gasteiger partial charge in [0.2, 0.25) is 0 Å². The van der Waals surface area contributed by atoms with Gasteiger partial charge in [0.05, 0.1) is 0 Å². The molecule has 1 heterocycles. The topological polar surface area (TPSA) is 46.9 Å². The number of hydrogen-bond donors (Lipinski definition) is 1. The zero-order chi connectivity index (χ0) is 19.0. The third-order valence-electron chi connectivity index (χ3n) is 3.89.